The minimum absolute atomic E-state index is 0.340. The minimum atomic E-state index is -1.52. The van der Waals surface area contributed by atoms with Crippen LogP contribution in [0.25, 0.3) is 0 Å². The zero-order chi connectivity index (χ0) is 12.8. The lowest BCUT2D eigenvalue weighted by molar-refractivity contribution is -0.849. The Morgan fingerprint density at radius 2 is 1.56 bits per heavy atom. The van der Waals surface area contributed by atoms with Crippen LogP contribution in [0.5, 0.6) is 0 Å². The summed E-state index contributed by atoms with van der Waals surface area (Å²) in [5.74, 6) is -1.48. The van der Waals surface area contributed by atoms with Gasteiger partial charge in [0.25, 0.3) is 0 Å². The molecule has 0 aliphatic rings. The number of nitrogens with zero attached hydrogens (tertiary/aromatic N) is 1. The first-order chi connectivity index (χ1) is 7.22. The first kappa shape index (κ1) is 14.6. The summed E-state index contributed by atoms with van der Waals surface area (Å²) in [7, 11) is 8.50. The predicted octanol–water partition coefficient (Wildman–Crippen LogP) is -0.208. The summed E-state index contributed by atoms with van der Waals surface area (Å²) in [5, 5.41) is 19.1. The Morgan fingerprint density at radius 3 is 1.88 bits per heavy atom. The van der Waals surface area contributed by atoms with Crippen molar-refractivity contribution in [1.82, 2.24) is 0 Å². The Kier molecular flexibility index (Phi) is 5.71. The average Bonchev–Trinajstić information content (AvgIpc) is 2.15. The zero-order valence-electron chi connectivity index (χ0n) is 10.2. The van der Waals surface area contributed by atoms with Gasteiger partial charge in [-0.1, -0.05) is 30.3 Å². The van der Waals surface area contributed by atoms with E-state index in [0.29, 0.717) is 5.56 Å². The van der Waals surface area contributed by atoms with Gasteiger partial charge < -0.3 is 19.5 Å². The second-order valence-electron chi connectivity index (χ2n) is 4.82. The Morgan fingerprint density at radius 1 is 1.19 bits per heavy atom. The smallest absolute Gasteiger partial charge is 0.118 e. The molecule has 0 amide bonds. The molecule has 1 rings (SSSR count). The topological polar surface area (TPSA) is 60.4 Å². The van der Waals surface area contributed by atoms with Crippen LogP contribution in [0.1, 0.15) is 11.7 Å². The third-order valence-corrected chi connectivity index (χ3v) is 1.34. The molecule has 1 atom stereocenters. The lowest BCUT2D eigenvalue weighted by Crippen LogP contribution is -2.29. The Labute approximate surface area is 96.3 Å². The molecule has 0 unspecified atom stereocenters. The van der Waals surface area contributed by atoms with Crippen LogP contribution in [0.15, 0.2) is 30.3 Å². The quantitative estimate of drug-likeness (QED) is 0.709. The number of hydrogen-bond acceptors (Lipinski definition) is 3. The van der Waals surface area contributed by atoms with Crippen LogP contribution in [0.2, 0.25) is 0 Å². The number of quaternary nitrogens is 1. The normalized spacial score (nSPS) is 12.3. The van der Waals surface area contributed by atoms with Crippen molar-refractivity contribution in [3.63, 3.8) is 0 Å². The summed E-state index contributed by atoms with van der Waals surface area (Å²) < 4.78 is 1.00. The van der Waals surface area contributed by atoms with Crippen LogP contribution >= 0.6 is 0 Å². The van der Waals surface area contributed by atoms with Crippen molar-refractivity contribution in [2.24, 2.45) is 0 Å². The van der Waals surface area contributed by atoms with E-state index in [4.69, 9.17) is 5.11 Å². The highest BCUT2D eigenvalue weighted by Crippen LogP contribution is 2.09. The van der Waals surface area contributed by atoms with E-state index in [1.54, 1.807) is 18.2 Å². The lowest BCUT2D eigenvalue weighted by Gasteiger charge is -2.14. The standard InChI is InChI=1S/C8H8O3.C4H12N/c9-7(8(10)11)6-4-2-1-3-5-6;1-5(2,3)4/h1-5,7,9H,(H,10,11);1-4H3/q;+1/p-1/t7-;/m0./s1. The number of aliphatic carboxylic acids is 1. The highest BCUT2D eigenvalue weighted by Gasteiger charge is 2.05. The van der Waals surface area contributed by atoms with Crippen LogP contribution in [-0.2, 0) is 4.79 Å². The molecule has 4 nitrogen and oxygen atoms in total. The molecule has 90 valence electrons. The Hall–Kier alpha value is -1.39. The molecule has 0 aromatic heterocycles. The van der Waals surface area contributed by atoms with Crippen LogP contribution in [0.4, 0.5) is 0 Å². The van der Waals surface area contributed by atoms with E-state index in [-0.39, 0.29) is 0 Å². The maximum absolute atomic E-state index is 10.1. The van der Waals surface area contributed by atoms with Gasteiger partial charge in [0.05, 0.1) is 34.2 Å². The van der Waals surface area contributed by atoms with Gasteiger partial charge in [-0.25, -0.2) is 0 Å². The molecule has 0 spiro atoms. The van der Waals surface area contributed by atoms with Gasteiger partial charge in [0.1, 0.15) is 6.10 Å². The highest BCUT2D eigenvalue weighted by molar-refractivity contribution is 5.71. The Balaban J connectivity index is 0.000000385. The fourth-order valence-electron chi connectivity index (χ4n) is 0.771. The molecule has 0 saturated heterocycles. The molecular weight excluding hydrogens is 206 g/mol. The van der Waals surface area contributed by atoms with Gasteiger partial charge in [-0.15, -0.1) is 0 Å². The molecule has 0 bridgehead atoms. The number of aliphatic hydroxyl groups is 1. The van der Waals surface area contributed by atoms with Crippen LogP contribution in [0, 0.1) is 0 Å². The monoisotopic (exact) mass is 225 g/mol. The molecule has 16 heavy (non-hydrogen) atoms. The molecule has 0 aliphatic carbocycles. The molecule has 0 radical (unpaired) electrons. The minimum Gasteiger partial charge on any atom is -0.547 e. The zero-order valence-corrected chi connectivity index (χ0v) is 10.2. The maximum Gasteiger partial charge on any atom is 0.118 e. The molecule has 1 N–H and O–H groups in total. The van der Waals surface area contributed by atoms with Gasteiger partial charge in [-0.3, -0.25) is 0 Å². The molecule has 1 aromatic carbocycles. The van der Waals surface area contributed by atoms with E-state index in [2.05, 4.69) is 28.2 Å². The number of carboxylic acid groups (broad SMARTS) is 1. The van der Waals surface area contributed by atoms with Crippen molar-refractivity contribution in [3.8, 4) is 0 Å². The summed E-state index contributed by atoms with van der Waals surface area (Å²) in [6.45, 7) is 0. The highest BCUT2D eigenvalue weighted by atomic mass is 16.4. The van der Waals surface area contributed by atoms with Crippen molar-refractivity contribution in [2.45, 2.75) is 6.10 Å². The van der Waals surface area contributed by atoms with Gasteiger partial charge >= 0.3 is 0 Å². The number of aliphatic hydroxyl groups excluding tert-OH is 1. The van der Waals surface area contributed by atoms with Gasteiger partial charge in [-0.05, 0) is 5.56 Å². The molecular formula is C12H19NO3. The molecule has 0 fully saturated rings. The molecule has 1 aromatic rings. The summed E-state index contributed by atoms with van der Waals surface area (Å²) in [5.41, 5.74) is 0.340. The number of benzene rings is 1. The average molecular weight is 225 g/mol. The van der Waals surface area contributed by atoms with E-state index in [9.17, 15) is 9.90 Å². The van der Waals surface area contributed by atoms with E-state index < -0.39 is 12.1 Å². The number of carbonyl (C=O) groups is 1. The van der Waals surface area contributed by atoms with Crippen molar-refractivity contribution in [3.05, 3.63) is 35.9 Å². The number of carbonyl (C=O) groups excluding carboxylic acids is 1. The molecule has 4 heteroatoms. The summed E-state index contributed by atoms with van der Waals surface area (Å²) in [6, 6.07) is 8.11. The summed E-state index contributed by atoms with van der Waals surface area (Å²) >= 11 is 0. The summed E-state index contributed by atoms with van der Waals surface area (Å²) in [6.07, 6.45) is -1.52. The fraction of sp³-hybridized carbons (Fsp3) is 0.417. The van der Waals surface area contributed by atoms with Crippen LogP contribution < -0.4 is 5.11 Å². The Bertz CT molecular complexity index is 311. The third-order valence-electron chi connectivity index (χ3n) is 1.34. The second kappa shape index (κ2) is 6.25. The SMILES string of the molecule is C[N+](C)(C)C.O=C([O-])[C@@H](O)c1ccccc1. The van der Waals surface area contributed by atoms with Gasteiger partial charge in [0, 0.05) is 0 Å². The van der Waals surface area contributed by atoms with E-state index in [0.717, 1.165) is 4.48 Å². The van der Waals surface area contributed by atoms with E-state index in [1.165, 1.54) is 12.1 Å². The largest absolute Gasteiger partial charge is 0.547 e. The maximum atomic E-state index is 10.1. The fourth-order valence-corrected chi connectivity index (χ4v) is 0.771. The molecule has 0 saturated carbocycles. The van der Waals surface area contributed by atoms with Gasteiger partial charge in [0.2, 0.25) is 0 Å². The second-order valence-corrected chi connectivity index (χ2v) is 4.82. The van der Waals surface area contributed by atoms with Gasteiger partial charge in [0.15, 0.2) is 0 Å². The number of carboxylic acids is 1. The van der Waals surface area contributed by atoms with Crippen molar-refractivity contribution < 1.29 is 19.5 Å². The number of hydrogen-bond donors (Lipinski definition) is 1. The van der Waals surface area contributed by atoms with E-state index in [1.807, 2.05) is 0 Å². The molecule has 0 heterocycles. The van der Waals surface area contributed by atoms with Crippen molar-refractivity contribution in [2.75, 3.05) is 28.2 Å². The lowest BCUT2D eigenvalue weighted by atomic mass is 10.1. The first-order valence-corrected chi connectivity index (χ1v) is 4.94. The van der Waals surface area contributed by atoms with Crippen molar-refractivity contribution >= 4 is 5.97 Å². The summed E-state index contributed by atoms with van der Waals surface area (Å²) in [4.78, 5) is 10.1. The van der Waals surface area contributed by atoms with Crippen LogP contribution in [0.3, 0.4) is 0 Å². The number of rotatable bonds is 2. The molecule has 0 aliphatic heterocycles. The van der Waals surface area contributed by atoms with E-state index >= 15 is 0 Å². The third kappa shape index (κ3) is 7.96. The van der Waals surface area contributed by atoms with Gasteiger partial charge in [-0.2, -0.15) is 0 Å². The van der Waals surface area contributed by atoms with Crippen LogP contribution in [-0.4, -0.2) is 43.7 Å². The first-order valence-electron chi connectivity index (χ1n) is 4.94. The van der Waals surface area contributed by atoms with Crippen molar-refractivity contribution in [1.29, 1.82) is 0 Å². The predicted molar refractivity (Wildman–Crippen MR) is 60.4 cm³/mol.